The molecule has 0 aliphatic rings. The van der Waals surface area contributed by atoms with Crippen LogP contribution in [0, 0.1) is 13.8 Å². The number of anilines is 6. The first-order valence-electron chi connectivity index (χ1n) is 22.3. The summed E-state index contributed by atoms with van der Waals surface area (Å²) in [6.45, 7) is 3.24. The Labute approximate surface area is 557 Å². The Hall–Kier alpha value is -4.93. The van der Waals surface area contributed by atoms with Crippen LogP contribution in [0.15, 0.2) is 165 Å². The number of carbonyl (C=O) groups is 5. The third kappa shape index (κ3) is 16.3. The van der Waals surface area contributed by atoms with E-state index in [9.17, 15) is 75.9 Å². The molecular formula is C51H36N6Na4O17S4. The molecule has 0 heterocycles. The predicted octanol–water partition coefficient (Wildman–Crippen LogP) is -5.10. The van der Waals surface area contributed by atoms with Gasteiger partial charge in [-0.1, -0.05) is 48.5 Å². The van der Waals surface area contributed by atoms with E-state index in [0.717, 1.165) is 60.7 Å². The second-order valence-corrected chi connectivity index (χ2v) is 22.4. The molecule has 0 saturated heterocycles. The fourth-order valence-corrected chi connectivity index (χ4v) is 10.9. The van der Waals surface area contributed by atoms with Gasteiger partial charge < -0.3 is 50.1 Å². The molecule has 0 radical (unpaired) electrons. The van der Waals surface area contributed by atoms with Gasteiger partial charge in [0.2, 0.25) is 0 Å². The largest absolute Gasteiger partial charge is 1.00 e. The molecular weight excluding hydrogens is 1190 g/mol. The summed E-state index contributed by atoms with van der Waals surface area (Å²) in [6, 6.07) is 28.7. The maximum absolute atomic E-state index is 13.6. The number of fused-ring (bicyclic) bond motifs is 2. The third-order valence-electron chi connectivity index (χ3n) is 11.8. The number of nitrogens with one attached hydrogen (secondary N) is 6. The van der Waals surface area contributed by atoms with Crippen LogP contribution in [-0.4, -0.2) is 81.5 Å². The normalized spacial score (nSPS) is 11.3. The summed E-state index contributed by atoms with van der Waals surface area (Å²) >= 11 is 0. The van der Waals surface area contributed by atoms with Crippen LogP contribution in [0.2, 0.25) is 0 Å². The molecule has 82 heavy (non-hydrogen) atoms. The Morgan fingerprint density at radius 1 is 0.329 bits per heavy atom. The smallest absolute Gasteiger partial charge is 0.744 e. The molecule has 0 aliphatic heterocycles. The molecule has 8 aromatic carbocycles. The molecule has 0 unspecified atom stereocenters. The van der Waals surface area contributed by atoms with Gasteiger partial charge in [-0.25, -0.2) is 38.5 Å². The summed E-state index contributed by atoms with van der Waals surface area (Å²) in [7, 11) is -20.8. The van der Waals surface area contributed by atoms with Gasteiger partial charge in [-0.15, -0.1) is 0 Å². The SMILES string of the molecule is Cc1ccc(C(=O)Nc2ccc(S(=O)(=O)[O-])c3cccc(S(=O)(=O)[O-])c23)cc1NC(=O)c1cccc(NC(=O)Nc2cccc(C(=O)Nc3cc(C(=O)Nc4ccc(S(=O)(=O)[O-])c5cccc(S(=O)(=O)[O-])c45)ccc3C)c2)c1.[Na+].[Na+].[Na+].[Na+]. The summed E-state index contributed by atoms with van der Waals surface area (Å²) in [4.78, 5) is 64.0. The minimum atomic E-state index is -5.25. The van der Waals surface area contributed by atoms with Crippen molar-refractivity contribution in [3.05, 3.63) is 179 Å². The third-order valence-corrected chi connectivity index (χ3v) is 15.3. The van der Waals surface area contributed by atoms with Crippen LogP contribution < -0.4 is 150 Å². The van der Waals surface area contributed by atoms with Gasteiger partial charge in [0.15, 0.2) is 0 Å². The van der Waals surface area contributed by atoms with E-state index in [-0.39, 0.29) is 175 Å². The van der Waals surface area contributed by atoms with E-state index in [4.69, 9.17) is 0 Å². The van der Waals surface area contributed by atoms with E-state index in [0.29, 0.717) is 11.1 Å². The van der Waals surface area contributed by atoms with Gasteiger partial charge in [0.1, 0.15) is 40.5 Å². The standard InChI is InChI=1S/C51H40N6O17S4.4Na/c1-27-15-17-31(49(60)54-37-19-21-41(75(63,64)65)35-11-5-13-43(45(35)37)77(69,70)71)25-39(27)56-47(58)29-7-3-9-33(23-29)52-51(62)53-34-10-4-8-30(24-34)48(59)57-40-26-32(18-16-28(40)2)50(61)55-38-20-22-42(76(66,67)68)36-12-6-14-44(46(36)38)78(72,73)74;;;;/h3-26H,1-2H3,(H,54,60)(H,55,61)(H,56,58)(H,57,59)(H2,52,53,62)(H,63,64,65)(H,66,67,68)(H,69,70,71)(H,72,73,74);;;;/q;4*+1/p-4. The van der Waals surface area contributed by atoms with Crippen LogP contribution in [0.25, 0.3) is 21.5 Å². The number of rotatable bonds is 14. The Balaban J connectivity index is 0.00000361. The maximum Gasteiger partial charge on any atom is 1.00 e. The molecule has 0 aromatic heterocycles. The minimum absolute atomic E-state index is 0. The Morgan fingerprint density at radius 2 is 0.634 bits per heavy atom. The zero-order valence-electron chi connectivity index (χ0n) is 43.9. The number of benzene rings is 8. The first-order chi connectivity index (χ1) is 36.6. The molecule has 0 bridgehead atoms. The van der Waals surface area contributed by atoms with E-state index in [1.54, 1.807) is 13.8 Å². The van der Waals surface area contributed by atoms with Crippen molar-refractivity contribution in [2.75, 3.05) is 31.9 Å². The topological polar surface area (TPSA) is 386 Å². The zero-order chi connectivity index (χ0) is 56.6. The van der Waals surface area contributed by atoms with Crippen molar-refractivity contribution in [3.8, 4) is 0 Å². The number of amides is 6. The van der Waals surface area contributed by atoms with Crippen molar-refractivity contribution in [1.29, 1.82) is 0 Å². The fourth-order valence-electron chi connectivity index (χ4n) is 8.10. The summed E-state index contributed by atoms with van der Waals surface area (Å²) in [5, 5.41) is 13.6. The van der Waals surface area contributed by atoms with Crippen molar-refractivity contribution in [3.63, 3.8) is 0 Å². The number of hydrogen-bond donors (Lipinski definition) is 6. The first-order valence-corrected chi connectivity index (χ1v) is 27.9. The fraction of sp³-hybridized carbons (Fsp3) is 0.0392. The second-order valence-electron chi connectivity index (χ2n) is 17.0. The van der Waals surface area contributed by atoms with Gasteiger partial charge in [0, 0.05) is 66.5 Å². The quantitative estimate of drug-likeness (QED) is 0.0438. The molecule has 0 saturated carbocycles. The van der Waals surface area contributed by atoms with Gasteiger partial charge in [-0.3, -0.25) is 19.2 Å². The average molecular weight is 1230 g/mol. The van der Waals surface area contributed by atoms with Crippen LogP contribution in [0.5, 0.6) is 0 Å². The molecule has 400 valence electrons. The molecule has 31 heteroatoms. The van der Waals surface area contributed by atoms with E-state index in [1.165, 1.54) is 84.9 Å². The Morgan fingerprint density at radius 3 is 0.963 bits per heavy atom. The van der Waals surface area contributed by atoms with Crippen LogP contribution >= 0.6 is 0 Å². The maximum atomic E-state index is 13.6. The van der Waals surface area contributed by atoms with Gasteiger partial charge >= 0.3 is 124 Å². The van der Waals surface area contributed by atoms with Gasteiger partial charge in [0.05, 0.1) is 31.0 Å². The van der Waals surface area contributed by atoms with Crippen LogP contribution in [0.3, 0.4) is 0 Å². The summed E-state index contributed by atoms with van der Waals surface area (Å²) < 4.78 is 145. The number of urea groups is 1. The Bertz CT molecular complexity index is 4110. The minimum Gasteiger partial charge on any atom is -0.744 e. The van der Waals surface area contributed by atoms with Gasteiger partial charge in [-0.2, -0.15) is 0 Å². The van der Waals surface area contributed by atoms with Gasteiger partial charge in [0.25, 0.3) is 23.6 Å². The van der Waals surface area contributed by atoms with E-state index < -0.39 is 111 Å². The molecule has 8 rings (SSSR count). The number of carbonyl (C=O) groups excluding carboxylic acids is 5. The predicted molar refractivity (Wildman–Crippen MR) is 279 cm³/mol. The van der Waals surface area contributed by atoms with E-state index >= 15 is 0 Å². The molecule has 8 aromatic rings. The van der Waals surface area contributed by atoms with Crippen molar-refractivity contribution in [2.24, 2.45) is 0 Å². The molecule has 23 nitrogen and oxygen atoms in total. The van der Waals surface area contributed by atoms with Crippen molar-refractivity contribution >= 4 is 126 Å². The van der Waals surface area contributed by atoms with E-state index in [1.807, 2.05) is 0 Å². The second kappa shape index (κ2) is 27.8. The van der Waals surface area contributed by atoms with Crippen molar-refractivity contribution in [2.45, 2.75) is 33.4 Å². The molecule has 0 spiro atoms. The van der Waals surface area contributed by atoms with Crippen LogP contribution in [0.1, 0.15) is 52.6 Å². The Kier molecular flexibility index (Phi) is 23.6. The van der Waals surface area contributed by atoms with Crippen molar-refractivity contribution in [1.82, 2.24) is 0 Å². The summed E-state index contributed by atoms with van der Waals surface area (Å²) in [5.74, 6) is -3.12. The monoisotopic (exact) mass is 1220 g/mol. The summed E-state index contributed by atoms with van der Waals surface area (Å²) in [6.07, 6.45) is 0. The molecule has 6 amide bonds. The van der Waals surface area contributed by atoms with Crippen molar-refractivity contribution < 1.29 is 194 Å². The molecule has 0 atom stereocenters. The molecule has 0 aliphatic carbocycles. The molecule has 6 N–H and O–H groups in total. The number of aryl methyl sites for hydroxylation is 2. The van der Waals surface area contributed by atoms with Gasteiger partial charge in [-0.05, 0) is 122 Å². The average Bonchev–Trinajstić information content (AvgIpc) is 3.37. The van der Waals surface area contributed by atoms with E-state index in [2.05, 4.69) is 31.9 Å². The van der Waals surface area contributed by atoms with Crippen LogP contribution in [0.4, 0.5) is 38.9 Å². The molecule has 0 fully saturated rings. The first kappa shape index (κ1) is 69.6. The zero-order valence-corrected chi connectivity index (χ0v) is 55.2. The number of hydrogen-bond acceptors (Lipinski definition) is 17. The van der Waals surface area contributed by atoms with Crippen LogP contribution in [-0.2, 0) is 40.5 Å². The summed E-state index contributed by atoms with van der Waals surface area (Å²) in [5.41, 5.74) is 0.915.